The molecular weight excluding hydrogens is 192 g/mol. The van der Waals surface area contributed by atoms with Gasteiger partial charge in [-0.25, -0.2) is 4.98 Å². The summed E-state index contributed by atoms with van der Waals surface area (Å²) >= 11 is 0. The lowest BCUT2D eigenvalue weighted by molar-refractivity contribution is 0.271. The number of aliphatic hydroxyl groups excluding tert-OH is 1. The Kier molecular flexibility index (Phi) is 3.38. The highest BCUT2D eigenvalue weighted by molar-refractivity contribution is 5.05. The van der Waals surface area contributed by atoms with Crippen molar-refractivity contribution in [1.82, 2.24) is 10.3 Å². The van der Waals surface area contributed by atoms with Crippen molar-refractivity contribution < 1.29 is 9.52 Å². The van der Waals surface area contributed by atoms with Crippen LogP contribution in [0.4, 0.5) is 0 Å². The second-order valence-corrected chi connectivity index (χ2v) is 4.20. The molecule has 1 fully saturated rings. The van der Waals surface area contributed by atoms with Crippen molar-refractivity contribution in [3.05, 3.63) is 17.8 Å². The van der Waals surface area contributed by atoms with Crippen molar-refractivity contribution in [2.24, 2.45) is 0 Å². The minimum atomic E-state index is 0.0612. The predicted molar refractivity (Wildman–Crippen MR) is 56.6 cm³/mol. The van der Waals surface area contributed by atoms with E-state index in [9.17, 15) is 0 Å². The zero-order valence-electron chi connectivity index (χ0n) is 9.07. The van der Waals surface area contributed by atoms with E-state index >= 15 is 0 Å². The maximum absolute atomic E-state index is 9.01. The van der Waals surface area contributed by atoms with Gasteiger partial charge in [0, 0.05) is 5.92 Å². The standard InChI is InChI=1S/C11H18N2O2/c1-8(6-14)10-7-15-11(13-10)9-4-2-3-5-12-9/h7-9,12,14H,2-6H2,1H3. The molecule has 0 saturated carbocycles. The summed E-state index contributed by atoms with van der Waals surface area (Å²) in [5.41, 5.74) is 0.847. The predicted octanol–water partition coefficient (Wildman–Crippen LogP) is 1.58. The zero-order valence-corrected chi connectivity index (χ0v) is 9.07. The van der Waals surface area contributed by atoms with Gasteiger partial charge in [-0.1, -0.05) is 13.3 Å². The van der Waals surface area contributed by atoms with Crippen molar-refractivity contribution in [2.75, 3.05) is 13.2 Å². The monoisotopic (exact) mass is 210 g/mol. The van der Waals surface area contributed by atoms with Crippen molar-refractivity contribution in [1.29, 1.82) is 0 Å². The van der Waals surface area contributed by atoms with E-state index in [0.717, 1.165) is 24.6 Å². The molecule has 4 nitrogen and oxygen atoms in total. The fourth-order valence-corrected chi connectivity index (χ4v) is 1.84. The zero-order chi connectivity index (χ0) is 10.7. The summed E-state index contributed by atoms with van der Waals surface area (Å²) in [6.45, 7) is 3.10. The van der Waals surface area contributed by atoms with Gasteiger partial charge in [-0.15, -0.1) is 0 Å². The molecule has 1 aliphatic heterocycles. The summed E-state index contributed by atoms with van der Waals surface area (Å²) in [6.07, 6.45) is 5.21. The molecule has 0 amide bonds. The van der Waals surface area contributed by atoms with E-state index in [4.69, 9.17) is 9.52 Å². The highest BCUT2D eigenvalue weighted by atomic mass is 16.3. The number of aliphatic hydroxyl groups is 1. The van der Waals surface area contributed by atoms with Crippen LogP contribution in [-0.4, -0.2) is 23.2 Å². The third kappa shape index (κ3) is 2.38. The molecule has 2 rings (SSSR count). The maximum Gasteiger partial charge on any atom is 0.211 e. The lowest BCUT2D eigenvalue weighted by Crippen LogP contribution is -2.27. The van der Waals surface area contributed by atoms with Gasteiger partial charge in [-0.3, -0.25) is 0 Å². The molecule has 1 aliphatic rings. The third-order valence-electron chi connectivity index (χ3n) is 2.93. The maximum atomic E-state index is 9.01. The van der Waals surface area contributed by atoms with Gasteiger partial charge in [0.25, 0.3) is 0 Å². The summed E-state index contributed by atoms with van der Waals surface area (Å²) in [7, 11) is 0. The van der Waals surface area contributed by atoms with E-state index in [-0.39, 0.29) is 18.6 Å². The molecule has 0 aromatic carbocycles. The second kappa shape index (κ2) is 4.77. The SMILES string of the molecule is CC(CO)c1coc(C2CCCCN2)n1. The summed E-state index contributed by atoms with van der Waals surface area (Å²) in [4.78, 5) is 4.42. The Bertz CT molecular complexity index is 305. The Labute approximate surface area is 89.7 Å². The Morgan fingerprint density at radius 2 is 2.53 bits per heavy atom. The van der Waals surface area contributed by atoms with Gasteiger partial charge in [0.05, 0.1) is 18.3 Å². The molecule has 4 heteroatoms. The van der Waals surface area contributed by atoms with Crippen LogP contribution in [0.2, 0.25) is 0 Å². The first-order chi connectivity index (χ1) is 7.31. The van der Waals surface area contributed by atoms with E-state index in [1.54, 1.807) is 6.26 Å². The number of rotatable bonds is 3. The van der Waals surface area contributed by atoms with Crippen molar-refractivity contribution in [3.63, 3.8) is 0 Å². The first-order valence-electron chi connectivity index (χ1n) is 5.61. The molecule has 2 unspecified atom stereocenters. The van der Waals surface area contributed by atoms with E-state index in [2.05, 4.69) is 10.3 Å². The van der Waals surface area contributed by atoms with E-state index in [0.29, 0.717) is 0 Å². The highest BCUT2D eigenvalue weighted by Crippen LogP contribution is 2.24. The molecule has 1 aromatic rings. The van der Waals surface area contributed by atoms with Gasteiger partial charge in [0.15, 0.2) is 0 Å². The van der Waals surface area contributed by atoms with Crippen LogP contribution in [0, 0.1) is 0 Å². The van der Waals surface area contributed by atoms with Crippen LogP contribution < -0.4 is 5.32 Å². The van der Waals surface area contributed by atoms with Crippen molar-refractivity contribution in [2.45, 2.75) is 38.1 Å². The van der Waals surface area contributed by atoms with Crippen molar-refractivity contribution in [3.8, 4) is 0 Å². The van der Waals surface area contributed by atoms with Crippen LogP contribution in [0.5, 0.6) is 0 Å². The third-order valence-corrected chi connectivity index (χ3v) is 2.93. The molecule has 1 saturated heterocycles. The lowest BCUT2D eigenvalue weighted by Gasteiger charge is -2.20. The number of nitrogens with one attached hydrogen (secondary N) is 1. The van der Waals surface area contributed by atoms with Crippen LogP contribution in [0.15, 0.2) is 10.7 Å². The molecule has 2 N–H and O–H groups in total. The minimum absolute atomic E-state index is 0.0612. The quantitative estimate of drug-likeness (QED) is 0.795. The van der Waals surface area contributed by atoms with E-state index in [1.165, 1.54) is 12.8 Å². The average Bonchev–Trinajstić information content (AvgIpc) is 2.78. The lowest BCUT2D eigenvalue weighted by atomic mass is 10.1. The molecule has 2 heterocycles. The Balaban J connectivity index is 2.05. The summed E-state index contributed by atoms with van der Waals surface area (Å²) in [5, 5.41) is 12.4. The number of aromatic nitrogens is 1. The number of hydrogen-bond donors (Lipinski definition) is 2. The van der Waals surface area contributed by atoms with E-state index < -0.39 is 0 Å². The first kappa shape index (κ1) is 10.6. The minimum Gasteiger partial charge on any atom is -0.447 e. The van der Waals surface area contributed by atoms with Gasteiger partial charge < -0.3 is 14.8 Å². The normalized spacial score (nSPS) is 24.0. The Morgan fingerprint density at radius 1 is 1.67 bits per heavy atom. The number of oxazole rings is 1. The summed E-state index contributed by atoms with van der Waals surface area (Å²) in [6, 6.07) is 0.262. The van der Waals surface area contributed by atoms with Gasteiger partial charge >= 0.3 is 0 Å². The molecule has 0 aliphatic carbocycles. The largest absolute Gasteiger partial charge is 0.447 e. The molecule has 84 valence electrons. The second-order valence-electron chi connectivity index (χ2n) is 4.20. The van der Waals surface area contributed by atoms with Gasteiger partial charge in [-0.05, 0) is 19.4 Å². The topological polar surface area (TPSA) is 58.3 Å². The molecule has 0 spiro atoms. The van der Waals surface area contributed by atoms with Crippen LogP contribution in [0.3, 0.4) is 0 Å². The van der Waals surface area contributed by atoms with Crippen LogP contribution in [0.25, 0.3) is 0 Å². The Hall–Kier alpha value is -0.870. The molecule has 0 bridgehead atoms. The smallest absolute Gasteiger partial charge is 0.211 e. The van der Waals surface area contributed by atoms with Gasteiger partial charge in [0.2, 0.25) is 5.89 Å². The highest BCUT2D eigenvalue weighted by Gasteiger charge is 2.20. The fourth-order valence-electron chi connectivity index (χ4n) is 1.84. The van der Waals surface area contributed by atoms with Crippen LogP contribution in [-0.2, 0) is 0 Å². The average molecular weight is 210 g/mol. The van der Waals surface area contributed by atoms with Crippen molar-refractivity contribution >= 4 is 0 Å². The first-order valence-corrected chi connectivity index (χ1v) is 5.61. The number of nitrogens with zero attached hydrogens (tertiary/aromatic N) is 1. The number of hydrogen-bond acceptors (Lipinski definition) is 4. The molecule has 1 aromatic heterocycles. The Morgan fingerprint density at radius 3 is 3.20 bits per heavy atom. The fraction of sp³-hybridized carbons (Fsp3) is 0.727. The number of piperidine rings is 1. The van der Waals surface area contributed by atoms with Crippen LogP contribution in [0.1, 0.15) is 49.7 Å². The van der Waals surface area contributed by atoms with Gasteiger partial charge in [0.1, 0.15) is 6.26 Å². The molecule has 0 radical (unpaired) electrons. The van der Waals surface area contributed by atoms with E-state index in [1.807, 2.05) is 6.92 Å². The molecule has 2 atom stereocenters. The summed E-state index contributed by atoms with van der Waals surface area (Å²) in [5.74, 6) is 0.830. The van der Waals surface area contributed by atoms with Crippen LogP contribution >= 0.6 is 0 Å². The molecule has 15 heavy (non-hydrogen) atoms. The van der Waals surface area contributed by atoms with Gasteiger partial charge in [-0.2, -0.15) is 0 Å². The molecular formula is C11H18N2O2. The summed E-state index contributed by atoms with van der Waals surface area (Å²) < 4.78 is 5.44.